The van der Waals surface area contributed by atoms with Crippen LogP contribution in [0.4, 0.5) is 26.3 Å². The Morgan fingerprint density at radius 2 is 1.30 bits per heavy atom. The van der Waals surface area contributed by atoms with E-state index in [2.05, 4.69) is 14.7 Å². The van der Waals surface area contributed by atoms with Crippen molar-refractivity contribution in [2.45, 2.75) is 45.6 Å². The minimum atomic E-state index is -4.44. The van der Waals surface area contributed by atoms with E-state index in [1.54, 1.807) is 0 Å². The minimum Gasteiger partial charge on any atom is -0.464 e. The molecule has 0 saturated carbocycles. The van der Waals surface area contributed by atoms with Gasteiger partial charge >= 0.3 is 18.3 Å². The zero-order chi connectivity index (χ0) is 23.8. The zero-order valence-corrected chi connectivity index (χ0v) is 16.9. The molecule has 0 aromatic carbocycles. The van der Waals surface area contributed by atoms with E-state index in [-0.39, 0.29) is 11.4 Å². The molecular formula is C19H22F6N2O3. The van der Waals surface area contributed by atoms with Gasteiger partial charge in [-0.25, -0.2) is 9.78 Å². The first-order chi connectivity index (χ1) is 13.7. The van der Waals surface area contributed by atoms with Crippen LogP contribution in [-0.4, -0.2) is 28.2 Å². The van der Waals surface area contributed by atoms with Gasteiger partial charge < -0.3 is 9.84 Å². The molecule has 0 radical (unpaired) electrons. The largest absolute Gasteiger partial charge is 0.464 e. The summed E-state index contributed by atoms with van der Waals surface area (Å²) in [5.74, 6) is -0.765. The molecular weight excluding hydrogens is 418 g/mol. The van der Waals surface area contributed by atoms with Gasteiger partial charge in [0, 0.05) is 12.4 Å². The molecule has 0 aliphatic carbocycles. The fourth-order valence-corrected chi connectivity index (χ4v) is 1.71. The van der Waals surface area contributed by atoms with Gasteiger partial charge in [0.25, 0.3) is 0 Å². The molecule has 2 aromatic heterocycles. The predicted octanol–water partition coefficient (Wildman–Crippen LogP) is 5.24. The third kappa shape index (κ3) is 8.76. The van der Waals surface area contributed by atoms with Crippen LogP contribution in [0.3, 0.4) is 0 Å². The lowest BCUT2D eigenvalue weighted by Crippen LogP contribution is -2.18. The summed E-state index contributed by atoms with van der Waals surface area (Å²) in [4.78, 5) is 17.7. The first kappa shape index (κ1) is 27.3. The topological polar surface area (TPSA) is 72.3 Å². The van der Waals surface area contributed by atoms with Crippen LogP contribution < -0.4 is 0 Å². The highest BCUT2D eigenvalue weighted by Crippen LogP contribution is 2.30. The fraction of sp³-hybridized carbons (Fsp3) is 0.421. The van der Waals surface area contributed by atoms with Crippen LogP contribution in [0.1, 0.15) is 55.0 Å². The average molecular weight is 440 g/mol. The first-order valence-electron chi connectivity index (χ1n) is 8.54. The number of methoxy groups -OCH3 is 1. The second kappa shape index (κ2) is 10.9. The second-order valence-corrected chi connectivity index (χ2v) is 5.91. The molecule has 1 N–H and O–H groups in total. The van der Waals surface area contributed by atoms with Crippen molar-refractivity contribution >= 4 is 5.97 Å². The average Bonchev–Trinajstić information content (AvgIpc) is 2.67. The van der Waals surface area contributed by atoms with Crippen molar-refractivity contribution in [2.24, 2.45) is 0 Å². The number of aliphatic hydroxyl groups is 1. The summed E-state index contributed by atoms with van der Waals surface area (Å²) in [5.41, 5.74) is -2.87. The lowest BCUT2D eigenvalue weighted by Gasteiger charge is -2.16. The molecule has 11 heteroatoms. The molecule has 30 heavy (non-hydrogen) atoms. The predicted molar refractivity (Wildman–Crippen MR) is 96.4 cm³/mol. The summed E-state index contributed by atoms with van der Waals surface area (Å²) < 4.78 is 76.8. The first-order valence-corrected chi connectivity index (χ1v) is 8.54. The van der Waals surface area contributed by atoms with E-state index >= 15 is 0 Å². The van der Waals surface area contributed by atoms with Crippen LogP contribution in [0.2, 0.25) is 0 Å². The van der Waals surface area contributed by atoms with Gasteiger partial charge in [-0.2, -0.15) is 26.3 Å². The number of ether oxygens (including phenoxy) is 1. The summed E-state index contributed by atoms with van der Waals surface area (Å²) in [7, 11) is 1.13. The van der Waals surface area contributed by atoms with Crippen molar-refractivity contribution < 1.29 is 41.0 Å². The van der Waals surface area contributed by atoms with Crippen molar-refractivity contribution in [1.82, 2.24) is 9.97 Å². The van der Waals surface area contributed by atoms with Crippen molar-refractivity contribution in [3.8, 4) is 0 Å². The van der Waals surface area contributed by atoms with Crippen molar-refractivity contribution in [2.75, 3.05) is 7.11 Å². The number of halogens is 6. The van der Waals surface area contributed by atoms with E-state index in [9.17, 15) is 36.2 Å². The highest BCUT2D eigenvalue weighted by Gasteiger charge is 2.32. The molecule has 168 valence electrons. The Kier molecular flexibility index (Phi) is 9.93. The van der Waals surface area contributed by atoms with Gasteiger partial charge in [0.15, 0.2) is 0 Å². The molecule has 0 spiro atoms. The van der Waals surface area contributed by atoms with E-state index in [1.807, 2.05) is 13.8 Å². The summed E-state index contributed by atoms with van der Waals surface area (Å²) in [6.07, 6.45) is -7.52. The quantitative estimate of drug-likeness (QED) is 0.511. The maximum absolute atomic E-state index is 12.1. The van der Waals surface area contributed by atoms with E-state index in [0.29, 0.717) is 12.4 Å². The number of alkyl halides is 6. The lowest BCUT2D eigenvalue weighted by atomic mass is 10.0. The van der Waals surface area contributed by atoms with E-state index in [1.165, 1.54) is 19.9 Å². The number of pyridine rings is 2. The Balaban J connectivity index is 0.000000518. The molecule has 0 saturated heterocycles. The molecule has 2 rings (SSSR count). The third-order valence-electron chi connectivity index (χ3n) is 3.20. The van der Waals surface area contributed by atoms with Crippen LogP contribution in [0, 0.1) is 0 Å². The SMILES string of the molecule is CC.CC(C)(O)c1ccc(C(F)(F)F)cn1.COC(=O)c1ccc(C(F)(F)F)cn1. The highest BCUT2D eigenvalue weighted by atomic mass is 19.4. The summed E-state index contributed by atoms with van der Waals surface area (Å²) in [6, 6.07) is 3.82. The lowest BCUT2D eigenvalue weighted by molar-refractivity contribution is -0.138. The van der Waals surface area contributed by atoms with Crippen LogP contribution in [0.25, 0.3) is 0 Å². The van der Waals surface area contributed by atoms with Crippen molar-refractivity contribution in [3.05, 3.63) is 59.2 Å². The normalized spacial score (nSPS) is 11.5. The van der Waals surface area contributed by atoms with Crippen LogP contribution >= 0.6 is 0 Å². The van der Waals surface area contributed by atoms with Crippen LogP contribution in [0.5, 0.6) is 0 Å². The second-order valence-electron chi connectivity index (χ2n) is 5.91. The molecule has 0 amide bonds. The smallest absolute Gasteiger partial charge is 0.417 e. The Bertz CT molecular complexity index is 747. The number of hydrogen-bond acceptors (Lipinski definition) is 5. The third-order valence-corrected chi connectivity index (χ3v) is 3.20. The molecule has 0 bridgehead atoms. The van der Waals surface area contributed by atoms with Gasteiger partial charge in [0.1, 0.15) is 11.3 Å². The molecule has 0 unspecified atom stereocenters. The van der Waals surface area contributed by atoms with E-state index in [0.717, 1.165) is 25.3 Å². The van der Waals surface area contributed by atoms with Crippen molar-refractivity contribution in [1.29, 1.82) is 0 Å². The summed E-state index contributed by atoms with van der Waals surface area (Å²) >= 11 is 0. The van der Waals surface area contributed by atoms with E-state index < -0.39 is 35.0 Å². The Morgan fingerprint density at radius 1 is 0.867 bits per heavy atom. The number of esters is 1. The standard InChI is InChI=1S/C9H10F3NO.C8H6F3NO2.C2H6/c1-8(2,14)7-4-3-6(5-13-7)9(10,11)12;1-14-7(13)6-3-2-5(4-12-6)8(9,10)11;1-2/h3-5,14H,1-2H3;2-4H,1H3;1-2H3. The zero-order valence-electron chi connectivity index (χ0n) is 16.9. The van der Waals surface area contributed by atoms with Gasteiger partial charge in [0.05, 0.1) is 23.9 Å². The Labute approximate surface area is 169 Å². The number of hydrogen-bond donors (Lipinski definition) is 1. The van der Waals surface area contributed by atoms with E-state index in [4.69, 9.17) is 0 Å². The Hall–Kier alpha value is -2.69. The number of aromatic nitrogens is 2. The maximum Gasteiger partial charge on any atom is 0.417 e. The monoisotopic (exact) mass is 440 g/mol. The minimum absolute atomic E-state index is 0.152. The molecule has 2 aromatic rings. The fourth-order valence-electron chi connectivity index (χ4n) is 1.71. The maximum atomic E-state index is 12.1. The summed E-state index contributed by atoms with van der Waals surface area (Å²) in [6.45, 7) is 6.92. The number of nitrogens with zero attached hydrogens (tertiary/aromatic N) is 2. The van der Waals surface area contributed by atoms with Gasteiger partial charge in [-0.05, 0) is 38.1 Å². The van der Waals surface area contributed by atoms with Gasteiger partial charge in [0.2, 0.25) is 0 Å². The highest BCUT2D eigenvalue weighted by molar-refractivity contribution is 5.86. The molecule has 0 aliphatic heterocycles. The molecule has 0 atom stereocenters. The number of carbonyl (C=O) groups excluding carboxylic acids is 1. The molecule has 2 heterocycles. The van der Waals surface area contributed by atoms with Gasteiger partial charge in [-0.15, -0.1) is 0 Å². The number of rotatable bonds is 2. The van der Waals surface area contributed by atoms with Gasteiger partial charge in [-0.3, -0.25) is 4.98 Å². The van der Waals surface area contributed by atoms with Crippen molar-refractivity contribution in [3.63, 3.8) is 0 Å². The molecule has 0 fully saturated rings. The Morgan fingerprint density at radius 3 is 1.57 bits per heavy atom. The number of carbonyl (C=O) groups is 1. The molecule has 5 nitrogen and oxygen atoms in total. The van der Waals surface area contributed by atoms with Crippen LogP contribution in [0.15, 0.2) is 36.7 Å². The summed E-state index contributed by atoms with van der Waals surface area (Å²) in [5, 5.41) is 9.44. The van der Waals surface area contributed by atoms with Crippen LogP contribution in [-0.2, 0) is 22.7 Å². The molecule has 0 aliphatic rings. The van der Waals surface area contributed by atoms with Gasteiger partial charge in [-0.1, -0.05) is 13.8 Å².